The fraction of sp³-hybridized carbons (Fsp3) is 0.692. The molecule has 1 heterocycles. The maximum atomic E-state index is 11.9. The number of hydrogen-bond acceptors (Lipinski definition) is 3. The molecular formula is C13H23NO2S. The summed E-state index contributed by atoms with van der Waals surface area (Å²) in [7, 11) is -0.829. The van der Waals surface area contributed by atoms with Crippen LogP contribution in [0.3, 0.4) is 0 Å². The highest BCUT2D eigenvalue weighted by molar-refractivity contribution is 7.84. The summed E-state index contributed by atoms with van der Waals surface area (Å²) in [5, 5.41) is 3.53. The minimum absolute atomic E-state index is 0.234. The van der Waals surface area contributed by atoms with Crippen molar-refractivity contribution in [1.82, 2.24) is 5.32 Å². The highest BCUT2D eigenvalue weighted by Gasteiger charge is 2.12. The smallest absolute Gasteiger partial charge is 0.118 e. The van der Waals surface area contributed by atoms with Crippen molar-refractivity contribution in [2.24, 2.45) is 0 Å². The van der Waals surface area contributed by atoms with Crippen molar-refractivity contribution in [3.8, 4) is 0 Å². The normalized spacial score (nSPS) is 15.1. The summed E-state index contributed by atoms with van der Waals surface area (Å²) in [5.74, 6) is 2.26. The lowest BCUT2D eigenvalue weighted by molar-refractivity contribution is 0.444. The molecule has 0 amide bonds. The zero-order valence-corrected chi connectivity index (χ0v) is 12.0. The largest absolute Gasteiger partial charge is 0.464 e. The van der Waals surface area contributed by atoms with Crippen LogP contribution in [-0.4, -0.2) is 15.5 Å². The van der Waals surface area contributed by atoms with Crippen molar-refractivity contribution in [2.75, 3.05) is 0 Å². The van der Waals surface area contributed by atoms with Crippen molar-refractivity contribution in [1.29, 1.82) is 0 Å². The van der Waals surface area contributed by atoms with E-state index in [-0.39, 0.29) is 5.25 Å². The van der Waals surface area contributed by atoms with Gasteiger partial charge in [0.25, 0.3) is 0 Å². The van der Waals surface area contributed by atoms with Crippen molar-refractivity contribution >= 4 is 10.8 Å². The predicted molar refractivity (Wildman–Crippen MR) is 72.3 cm³/mol. The average molecular weight is 257 g/mol. The van der Waals surface area contributed by atoms with Crippen LogP contribution in [0.4, 0.5) is 0 Å². The Kier molecular flexibility index (Phi) is 5.92. The molecule has 0 fully saturated rings. The van der Waals surface area contributed by atoms with Gasteiger partial charge in [0.1, 0.15) is 11.5 Å². The minimum Gasteiger partial charge on any atom is -0.464 e. The fourth-order valence-electron chi connectivity index (χ4n) is 1.37. The SMILES string of the molecule is CCC(C)S(=O)Cc1ccc(CNC(C)C)o1. The average Bonchev–Trinajstić information content (AvgIpc) is 2.73. The molecule has 98 valence electrons. The molecule has 0 aliphatic heterocycles. The van der Waals surface area contributed by atoms with Crippen LogP contribution in [-0.2, 0) is 23.1 Å². The van der Waals surface area contributed by atoms with Gasteiger partial charge in [-0.3, -0.25) is 4.21 Å². The molecule has 0 aliphatic rings. The van der Waals surface area contributed by atoms with Crippen molar-refractivity contribution in [3.05, 3.63) is 23.7 Å². The topological polar surface area (TPSA) is 42.2 Å². The second kappa shape index (κ2) is 6.97. The van der Waals surface area contributed by atoms with E-state index in [1.807, 2.05) is 19.1 Å². The first-order valence-electron chi connectivity index (χ1n) is 6.21. The Morgan fingerprint density at radius 3 is 2.53 bits per heavy atom. The lowest BCUT2D eigenvalue weighted by atomic mass is 10.3. The van der Waals surface area contributed by atoms with Gasteiger partial charge in [-0.1, -0.05) is 27.7 Å². The van der Waals surface area contributed by atoms with E-state index < -0.39 is 10.8 Å². The van der Waals surface area contributed by atoms with Gasteiger partial charge in [0.2, 0.25) is 0 Å². The molecule has 1 aromatic rings. The monoisotopic (exact) mass is 257 g/mol. The number of furan rings is 1. The van der Waals surface area contributed by atoms with E-state index in [0.29, 0.717) is 11.8 Å². The zero-order valence-electron chi connectivity index (χ0n) is 11.2. The van der Waals surface area contributed by atoms with Crippen molar-refractivity contribution in [2.45, 2.75) is 57.7 Å². The Balaban J connectivity index is 2.48. The molecule has 2 atom stereocenters. The first-order chi connectivity index (χ1) is 8.02. The third-order valence-electron chi connectivity index (χ3n) is 2.71. The zero-order chi connectivity index (χ0) is 12.8. The molecule has 0 aromatic carbocycles. The predicted octanol–water partition coefficient (Wildman–Crippen LogP) is 2.82. The highest BCUT2D eigenvalue weighted by atomic mass is 32.2. The standard InChI is InChI=1S/C13H23NO2S/c1-5-11(4)17(15)9-13-7-6-12(16-13)8-14-10(2)3/h6-7,10-11,14H,5,8-9H2,1-4H3. The number of rotatable bonds is 7. The summed E-state index contributed by atoms with van der Waals surface area (Å²) >= 11 is 0. The van der Waals surface area contributed by atoms with E-state index in [1.165, 1.54) is 0 Å². The Hall–Kier alpha value is -0.610. The molecule has 0 spiro atoms. The quantitative estimate of drug-likeness (QED) is 0.816. The molecule has 0 saturated heterocycles. The molecule has 1 N–H and O–H groups in total. The molecule has 2 unspecified atom stereocenters. The molecule has 1 rings (SSSR count). The third-order valence-corrected chi connectivity index (χ3v) is 4.51. The van der Waals surface area contributed by atoms with Crippen LogP contribution in [0.5, 0.6) is 0 Å². The third kappa shape index (κ3) is 5.04. The Morgan fingerprint density at radius 2 is 1.94 bits per heavy atom. The Morgan fingerprint density at radius 1 is 1.29 bits per heavy atom. The summed E-state index contributed by atoms with van der Waals surface area (Å²) in [6, 6.07) is 4.33. The Labute approximate surface area is 106 Å². The summed E-state index contributed by atoms with van der Waals surface area (Å²) in [6.07, 6.45) is 0.940. The molecule has 4 heteroatoms. The van der Waals surface area contributed by atoms with Gasteiger partial charge in [-0.15, -0.1) is 0 Å². The Bertz CT molecular complexity index is 360. The molecule has 3 nitrogen and oxygen atoms in total. The first-order valence-corrected chi connectivity index (χ1v) is 7.59. The van der Waals surface area contributed by atoms with Gasteiger partial charge in [0, 0.05) is 22.1 Å². The molecule has 1 aromatic heterocycles. The van der Waals surface area contributed by atoms with Gasteiger partial charge < -0.3 is 9.73 Å². The van der Waals surface area contributed by atoms with Crippen LogP contribution in [0, 0.1) is 0 Å². The highest BCUT2D eigenvalue weighted by Crippen LogP contribution is 2.13. The van der Waals surface area contributed by atoms with E-state index in [9.17, 15) is 4.21 Å². The second-order valence-corrected chi connectivity index (χ2v) is 6.50. The fourth-order valence-corrected chi connectivity index (χ4v) is 2.46. The summed E-state index contributed by atoms with van der Waals surface area (Å²) in [5.41, 5.74) is 0. The molecule has 0 radical (unpaired) electrons. The van der Waals surface area contributed by atoms with Gasteiger partial charge in [-0.25, -0.2) is 0 Å². The van der Waals surface area contributed by atoms with Crippen LogP contribution in [0.1, 0.15) is 45.6 Å². The maximum Gasteiger partial charge on any atom is 0.118 e. The lowest BCUT2D eigenvalue weighted by Crippen LogP contribution is -2.21. The molecule has 17 heavy (non-hydrogen) atoms. The van der Waals surface area contributed by atoms with Gasteiger partial charge in [0.15, 0.2) is 0 Å². The number of nitrogens with one attached hydrogen (secondary N) is 1. The van der Waals surface area contributed by atoms with E-state index in [0.717, 1.165) is 24.5 Å². The van der Waals surface area contributed by atoms with Gasteiger partial charge in [-0.05, 0) is 18.6 Å². The van der Waals surface area contributed by atoms with Gasteiger partial charge in [0.05, 0.1) is 12.3 Å². The summed E-state index contributed by atoms with van der Waals surface area (Å²) < 4.78 is 17.5. The van der Waals surface area contributed by atoms with Crippen LogP contribution in [0.2, 0.25) is 0 Å². The molecule has 0 aliphatic carbocycles. The van der Waals surface area contributed by atoms with Crippen molar-refractivity contribution < 1.29 is 8.63 Å². The maximum absolute atomic E-state index is 11.9. The first kappa shape index (κ1) is 14.5. The minimum atomic E-state index is -0.829. The van der Waals surface area contributed by atoms with Crippen LogP contribution < -0.4 is 5.32 Å². The van der Waals surface area contributed by atoms with E-state index in [1.54, 1.807) is 0 Å². The summed E-state index contributed by atoms with van der Waals surface area (Å²) in [4.78, 5) is 0. The second-order valence-electron chi connectivity index (χ2n) is 4.65. The van der Waals surface area contributed by atoms with Gasteiger partial charge in [-0.2, -0.15) is 0 Å². The van der Waals surface area contributed by atoms with E-state index >= 15 is 0 Å². The molecule has 0 bridgehead atoms. The van der Waals surface area contributed by atoms with Crippen LogP contribution in [0.15, 0.2) is 16.5 Å². The summed E-state index contributed by atoms with van der Waals surface area (Å²) in [6.45, 7) is 9.00. The van der Waals surface area contributed by atoms with Crippen LogP contribution in [0.25, 0.3) is 0 Å². The van der Waals surface area contributed by atoms with Crippen LogP contribution >= 0.6 is 0 Å². The lowest BCUT2D eigenvalue weighted by Gasteiger charge is -2.07. The molecular weight excluding hydrogens is 234 g/mol. The van der Waals surface area contributed by atoms with Crippen molar-refractivity contribution in [3.63, 3.8) is 0 Å². The van der Waals surface area contributed by atoms with E-state index in [2.05, 4.69) is 26.1 Å². The number of hydrogen-bond donors (Lipinski definition) is 1. The molecule has 0 saturated carbocycles. The van der Waals surface area contributed by atoms with Gasteiger partial charge >= 0.3 is 0 Å². The van der Waals surface area contributed by atoms with E-state index in [4.69, 9.17) is 4.42 Å².